The Labute approximate surface area is 124 Å². The zero-order valence-corrected chi connectivity index (χ0v) is 12.2. The molecule has 0 aliphatic carbocycles. The maximum atomic E-state index is 12.8. The van der Waals surface area contributed by atoms with Crippen LogP contribution in [0.2, 0.25) is 0 Å². The fourth-order valence-corrected chi connectivity index (χ4v) is 2.81. The molecule has 3 heterocycles. The lowest BCUT2D eigenvalue weighted by Crippen LogP contribution is -2.32. The Bertz CT molecular complexity index is 574. The highest BCUT2D eigenvalue weighted by atomic mass is 19.1. The highest BCUT2D eigenvalue weighted by Crippen LogP contribution is 2.28. The molecule has 0 radical (unpaired) electrons. The van der Waals surface area contributed by atoms with Gasteiger partial charge in [0.1, 0.15) is 5.69 Å². The fraction of sp³-hybridized carbons (Fsp3) is 0.438. The van der Waals surface area contributed by atoms with Crippen molar-refractivity contribution in [3.63, 3.8) is 0 Å². The van der Waals surface area contributed by atoms with E-state index >= 15 is 0 Å². The summed E-state index contributed by atoms with van der Waals surface area (Å²) in [6.07, 6.45) is 6.61. The van der Waals surface area contributed by atoms with Crippen LogP contribution in [0.4, 0.5) is 4.39 Å². The first-order chi connectivity index (χ1) is 10.3. The topological polar surface area (TPSA) is 41.9 Å². The maximum Gasteiger partial charge on any atom is 0.178 e. The molecule has 1 aliphatic rings. The van der Waals surface area contributed by atoms with Gasteiger partial charge < -0.3 is 4.90 Å². The maximum absolute atomic E-state index is 12.8. The van der Waals surface area contributed by atoms with E-state index in [0.29, 0.717) is 17.4 Å². The van der Waals surface area contributed by atoms with E-state index in [1.807, 2.05) is 12.3 Å². The third-order valence-electron chi connectivity index (χ3n) is 4.14. The number of hydrogen-bond acceptors (Lipinski definition) is 4. The Balaban J connectivity index is 1.71. The van der Waals surface area contributed by atoms with Crippen molar-refractivity contribution in [1.29, 1.82) is 0 Å². The van der Waals surface area contributed by atoms with Gasteiger partial charge in [0.05, 0.1) is 12.4 Å². The predicted molar refractivity (Wildman–Crippen MR) is 79.3 cm³/mol. The van der Waals surface area contributed by atoms with Crippen LogP contribution in [0.1, 0.15) is 31.2 Å². The lowest BCUT2D eigenvalue weighted by atomic mass is 9.90. The quantitative estimate of drug-likeness (QED) is 0.870. The Morgan fingerprint density at radius 2 is 1.81 bits per heavy atom. The Hall–Kier alpha value is -1.88. The monoisotopic (exact) mass is 286 g/mol. The molecule has 4 nitrogen and oxygen atoms in total. The number of nitrogens with zero attached hydrogens (tertiary/aromatic N) is 4. The lowest BCUT2D eigenvalue weighted by molar-refractivity contribution is 0.222. The molecule has 3 rings (SSSR count). The molecule has 1 aliphatic heterocycles. The first-order valence-electron chi connectivity index (χ1n) is 7.42. The SMILES string of the molecule is CCN1CCC(c2ccc(-c3ncc(F)cn3)nc2)CC1. The first-order valence-corrected chi connectivity index (χ1v) is 7.42. The van der Waals surface area contributed by atoms with Gasteiger partial charge in [-0.1, -0.05) is 13.0 Å². The molecule has 1 saturated heterocycles. The number of pyridine rings is 1. The second-order valence-corrected chi connectivity index (χ2v) is 5.41. The standard InChI is InChI=1S/C16H19FN4/c1-2-21-7-5-12(6-8-21)13-3-4-15(18-9-13)16-19-10-14(17)11-20-16/h3-4,9-12H,2,5-8H2,1H3. The van der Waals surface area contributed by atoms with Crippen LogP contribution in [0.15, 0.2) is 30.7 Å². The van der Waals surface area contributed by atoms with Gasteiger partial charge in [0.2, 0.25) is 0 Å². The van der Waals surface area contributed by atoms with Crippen molar-refractivity contribution in [3.05, 3.63) is 42.1 Å². The van der Waals surface area contributed by atoms with Gasteiger partial charge in [-0.2, -0.15) is 0 Å². The molecular formula is C16H19FN4. The van der Waals surface area contributed by atoms with Crippen molar-refractivity contribution < 1.29 is 4.39 Å². The second kappa shape index (κ2) is 6.26. The van der Waals surface area contributed by atoms with Crippen LogP contribution in [0.5, 0.6) is 0 Å². The van der Waals surface area contributed by atoms with Crippen LogP contribution in [0.25, 0.3) is 11.5 Å². The van der Waals surface area contributed by atoms with E-state index < -0.39 is 5.82 Å². The molecule has 2 aromatic rings. The summed E-state index contributed by atoms with van der Waals surface area (Å²) in [5.74, 6) is 0.616. The Kier molecular flexibility index (Phi) is 4.20. The van der Waals surface area contributed by atoms with E-state index in [2.05, 4.69) is 32.8 Å². The molecule has 0 N–H and O–H groups in total. The van der Waals surface area contributed by atoms with Crippen molar-refractivity contribution in [1.82, 2.24) is 19.9 Å². The van der Waals surface area contributed by atoms with Crippen LogP contribution in [0, 0.1) is 5.82 Å². The molecule has 1 fully saturated rings. The number of hydrogen-bond donors (Lipinski definition) is 0. The van der Waals surface area contributed by atoms with Gasteiger partial charge in [-0.15, -0.1) is 0 Å². The first kappa shape index (κ1) is 14.1. The number of piperidine rings is 1. The molecule has 0 spiro atoms. The minimum Gasteiger partial charge on any atom is -0.304 e. The minimum absolute atomic E-state index is 0.432. The molecule has 110 valence electrons. The third kappa shape index (κ3) is 3.24. The van der Waals surface area contributed by atoms with Crippen molar-refractivity contribution in [2.75, 3.05) is 19.6 Å². The Morgan fingerprint density at radius 3 is 2.38 bits per heavy atom. The average Bonchev–Trinajstić information content (AvgIpc) is 2.56. The van der Waals surface area contributed by atoms with Gasteiger partial charge in [0, 0.05) is 6.20 Å². The second-order valence-electron chi connectivity index (χ2n) is 5.41. The fourth-order valence-electron chi connectivity index (χ4n) is 2.81. The molecule has 0 amide bonds. The van der Waals surface area contributed by atoms with Crippen molar-refractivity contribution in [2.24, 2.45) is 0 Å². The number of halogens is 1. The summed E-state index contributed by atoms with van der Waals surface area (Å²) < 4.78 is 12.8. The molecule has 2 aromatic heterocycles. The minimum atomic E-state index is -0.432. The van der Waals surface area contributed by atoms with Gasteiger partial charge in [-0.25, -0.2) is 14.4 Å². The molecule has 5 heteroatoms. The molecule has 0 bridgehead atoms. The summed E-state index contributed by atoms with van der Waals surface area (Å²) in [5.41, 5.74) is 1.96. The zero-order chi connectivity index (χ0) is 14.7. The van der Waals surface area contributed by atoms with Crippen LogP contribution in [-0.4, -0.2) is 39.5 Å². The summed E-state index contributed by atoms with van der Waals surface area (Å²) in [4.78, 5) is 14.8. The van der Waals surface area contributed by atoms with Gasteiger partial charge in [-0.05, 0) is 50.0 Å². The molecule has 21 heavy (non-hydrogen) atoms. The van der Waals surface area contributed by atoms with E-state index in [1.165, 1.54) is 30.8 Å². The normalized spacial score (nSPS) is 17.0. The number of aromatic nitrogens is 3. The summed E-state index contributed by atoms with van der Waals surface area (Å²) >= 11 is 0. The summed E-state index contributed by atoms with van der Waals surface area (Å²) in [5, 5.41) is 0. The third-order valence-corrected chi connectivity index (χ3v) is 4.14. The van der Waals surface area contributed by atoms with Crippen LogP contribution < -0.4 is 0 Å². The Morgan fingerprint density at radius 1 is 1.10 bits per heavy atom. The van der Waals surface area contributed by atoms with E-state index in [4.69, 9.17) is 0 Å². The highest BCUT2D eigenvalue weighted by molar-refractivity contribution is 5.48. The van der Waals surface area contributed by atoms with E-state index in [-0.39, 0.29) is 0 Å². The molecule has 0 saturated carbocycles. The summed E-state index contributed by atoms with van der Waals surface area (Å²) in [6, 6.07) is 4.02. The van der Waals surface area contributed by atoms with E-state index in [9.17, 15) is 4.39 Å². The summed E-state index contributed by atoms with van der Waals surface area (Å²) in [7, 11) is 0. The largest absolute Gasteiger partial charge is 0.304 e. The lowest BCUT2D eigenvalue weighted by Gasteiger charge is -2.31. The van der Waals surface area contributed by atoms with Gasteiger partial charge >= 0.3 is 0 Å². The smallest absolute Gasteiger partial charge is 0.178 e. The highest BCUT2D eigenvalue weighted by Gasteiger charge is 2.19. The predicted octanol–water partition coefficient (Wildman–Crippen LogP) is 2.88. The van der Waals surface area contributed by atoms with Crippen molar-refractivity contribution in [3.8, 4) is 11.5 Å². The molecule has 0 atom stereocenters. The number of likely N-dealkylation sites (tertiary alicyclic amines) is 1. The molecule has 0 aromatic carbocycles. The molecular weight excluding hydrogens is 267 g/mol. The number of rotatable bonds is 3. The van der Waals surface area contributed by atoms with E-state index in [0.717, 1.165) is 19.6 Å². The van der Waals surface area contributed by atoms with Gasteiger partial charge in [0.15, 0.2) is 11.6 Å². The van der Waals surface area contributed by atoms with Crippen LogP contribution in [-0.2, 0) is 0 Å². The zero-order valence-electron chi connectivity index (χ0n) is 12.2. The van der Waals surface area contributed by atoms with Crippen molar-refractivity contribution in [2.45, 2.75) is 25.7 Å². The van der Waals surface area contributed by atoms with Crippen molar-refractivity contribution >= 4 is 0 Å². The average molecular weight is 286 g/mol. The van der Waals surface area contributed by atoms with Gasteiger partial charge in [0.25, 0.3) is 0 Å². The summed E-state index contributed by atoms with van der Waals surface area (Å²) in [6.45, 7) is 5.65. The van der Waals surface area contributed by atoms with Crippen LogP contribution >= 0.6 is 0 Å². The van der Waals surface area contributed by atoms with Gasteiger partial charge in [-0.3, -0.25) is 4.98 Å². The van der Waals surface area contributed by atoms with Crippen LogP contribution in [0.3, 0.4) is 0 Å². The molecule has 0 unspecified atom stereocenters. The van der Waals surface area contributed by atoms with E-state index in [1.54, 1.807) is 0 Å².